The van der Waals surface area contributed by atoms with E-state index in [2.05, 4.69) is 0 Å². The molecule has 1 saturated heterocycles. The van der Waals surface area contributed by atoms with Crippen molar-refractivity contribution in [2.24, 2.45) is 0 Å². The molecule has 1 unspecified atom stereocenters. The maximum Gasteiger partial charge on any atom is 0.302 e. The van der Waals surface area contributed by atoms with Gasteiger partial charge in [0.15, 0.2) is 0 Å². The normalized spacial score (nSPS) is 22.2. The zero-order valence-electron chi connectivity index (χ0n) is 10.4. The van der Waals surface area contributed by atoms with E-state index < -0.39 is 23.4 Å². The molecule has 1 aromatic carbocycles. The predicted molar refractivity (Wildman–Crippen MR) is 62.3 cm³/mol. The van der Waals surface area contributed by atoms with Gasteiger partial charge in [0.05, 0.1) is 12.2 Å². The van der Waals surface area contributed by atoms with Gasteiger partial charge in [-0.1, -0.05) is 12.1 Å². The van der Waals surface area contributed by atoms with Crippen LogP contribution in [0.1, 0.15) is 11.1 Å². The highest BCUT2D eigenvalue weighted by Gasteiger charge is 2.46. The van der Waals surface area contributed by atoms with Crippen LogP contribution < -0.4 is 0 Å². The van der Waals surface area contributed by atoms with Crippen LogP contribution in [0.2, 0.25) is 0 Å². The molecule has 1 fully saturated rings. The Labute approximate surface area is 104 Å². The van der Waals surface area contributed by atoms with Gasteiger partial charge < -0.3 is 9.64 Å². The van der Waals surface area contributed by atoms with Gasteiger partial charge in [0.1, 0.15) is 11.9 Å². The molecule has 1 aliphatic heterocycles. The molecule has 0 spiro atoms. The number of morpholine rings is 1. The molecule has 0 amide bonds. The average Bonchev–Trinajstić information content (AvgIpc) is 2.32. The van der Waals surface area contributed by atoms with Gasteiger partial charge in [0, 0.05) is 13.1 Å². The highest BCUT2D eigenvalue weighted by atomic mass is 19.3. The lowest BCUT2D eigenvalue weighted by atomic mass is 9.99. The number of nitrogens with zero attached hydrogens (tertiary/aromatic N) is 1. The zero-order valence-corrected chi connectivity index (χ0v) is 10.4. The Bertz CT molecular complexity index is 436. The third-order valence-corrected chi connectivity index (χ3v) is 3.22. The Kier molecular flexibility index (Phi) is 3.64. The van der Waals surface area contributed by atoms with E-state index in [0.717, 1.165) is 6.07 Å². The largest absolute Gasteiger partial charge is 0.369 e. The van der Waals surface area contributed by atoms with E-state index in [4.69, 9.17) is 4.74 Å². The predicted octanol–water partition coefficient (Wildman–Crippen LogP) is 2.56. The van der Waals surface area contributed by atoms with E-state index in [-0.39, 0.29) is 18.7 Å². The molecule has 0 aromatic heterocycles. The molecule has 5 heteroatoms. The fraction of sp³-hybridized carbons (Fsp3) is 0.538. The van der Waals surface area contributed by atoms with Crippen LogP contribution in [0, 0.1) is 12.7 Å². The number of likely N-dealkylation sites (N-methyl/N-ethyl adjacent to an activating group) is 1. The molecule has 1 atom stereocenters. The first-order valence-corrected chi connectivity index (χ1v) is 5.86. The summed E-state index contributed by atoms with van der Waals surface area (Å²) in [5, 5.41) is 0. The number of hydrogen-bond acceptors (Lipinski definition) is 2. The smallest absolute Gasteiger partial charge is 0.302 e. The lowest BCUT2D eigenvalue weighted by Crippen LogP contribution is -2.48. The summed E-state index contributed by atoms with van der Waals surface area (Å²) in [5.41, 5.74) is -0.362. The standard InChI is InChI=1S/C13H16F3NO/c1-9-4-3-5-10(12(9)14)13(15,16)11-8-17(2)6-7-18-11/h3-5,11H,6-8H2,1-2H3. The maximum atomic E-state index is 14.3. The molecule has 0 N–H and O–H groups in total. The van der Waals surface area contributed by atoms with Crippen LogP contribution in [0.5, 0.6) is 0 Å². The van der Waals surface area contributed by atoms with Crippen molar-refractivity contribution >= 4 is 0 Å². The van der Waals surface area contributed by atoms with Crippen LogP contribution in [0.25, 0.3) is 0 Å². The molecule has 1 aliphatic rings. The summed E-state index contributed by atoms with van der Waals surface area (Å²) in [5.74, 6) is -4.16. The third-order valence-electron chi connectivity index (χ3n) is 3.22. The Balaban J connectivity index is 2.32. The summed E-state index contributed by atoms with van der Waals surface area (Å²) in [6, 6.07) is 4.04. The van der Waals surface area contributed by atoms with E-state index in [1.165, 1.54) is 19.1 Å². The molecule has 18 heavy (non-hydrogen) atoms. The highest BCUT2D eigenvalue weighted by Crippen LogP contribution is 2.37. The van der Waals surface area contributed by atoms with Gasteiger partial charge in [0.2, 0.25) is 0 Å². The van der Waals surface area contributed by atoms with Crippen LogP contribution in [0.3, 0.4) is 0 Å². The molecule has 1 heterocycles. The van der Waals surface area contributed by atoms with Gasteiger partial charge in [-0.05, 0) is 25.6 Å². The van der Waals surface area contributed by atoms with Crippen molar-refractivity contribution in [3.8, 4) is 0 Å². The highest BCUT2D eigenvalue weighted by molar-refractivity contribution is 5.29. The fourth-order valence-electron chi connectivity index (χ4n) is 2.08. The first-order chi connectivity index (χ1) is 8.43. The molecule has 0 radical (unpaired) electrons. The number of hydrogen-bond donors (Lipinski definition) is 0. The Morgan fingerprint density at radius 3 is 2.78 bits per heavy atom. The van der Waals surface area contributed by atoms with Gasteiger partial charge in [-0.2, -0.15) is 8.78 Å². The Morgan fingerprint density at radius 2 is 2.11 bits per heavy atom. The summed E-state index contributed by atoms with van der Waals surface area (Å²) in [6.45, 7) is 2.43. The van der Waals surface area contributed by atoms with Gasteiger partial charge in [-0.15, -0.1) is 0 Å². The van der Waals surface area contributed by atoms with Crippen molar-refractivity contribution in [1.82, 2.24) is 4.90 Å². The minimum absolute atomic E-state index is 0.0976. The van der Waals surface area contributed by atoms with Crippen LogP contribution in [-0.2, 0) is 10.7 Å². The monoisotopic (exact) mass is 259 g/mol. The minimum atomic E-state index is -3.31. The Morgan fingerprint density at radius 1 is 1.39 bits per heavy atom. The second-order valence-electron chi connectivity index (χ2n) is 4.68. The number of alkyl halides is 2. The Hall–Kier alpha value is -1.07. The molecule has 0 saturated carbocycles. The average molecular weight is 259 g/mol. The van der Waals surface area contributed by atoms with Crippen LogP contribution in [0.15, 0.2) is 18.2 Å². The van der Waals surface area contributed by atoms with Crippen molar-refractivity contribution in [2.45, 2.75) is 19.0 Å². The van der Waals surface area contributed by atoms with Gasteiger partial charge in [-0.25, -0.2) is 4.39 Å². The number of aryl methyl sites for hydroxylation is 1. The first kappa shape index (κ1) is 13.4. The van der Waals surface area contributed by atoms with Crippen molar-refractivity contribution in [3.05, 3.63) is 35.1 Å². The quantitative estimate of drug-likeness (QED) is 0.809. The molecule has 1 aromatic rings. The number of benzene rings is 1. The summed E-state index contributed by atoms with van der Waals surface area (Å²) in [6.07, 6.45) is -1.30. The van der Waals surface area contributed by atoms with Crippen molar-refractivity contribution < 1.29 is 17.9 Å². The number of halogens is 3. The van der Waals surface area contributed by atoms with Crippen molar-refractivity contribution in [3.63, 3.8) is 0 Å². The lowest BCUT2D eigenvalue weighted by Gasteiger charge is -2.35. The third kappa shape index (κ3) is 2.37. The molecule has 100 valence electrons. The van der Waals surface area contributed by atoms with E-state index in [0.29, 0.717) is 6.54 Å². The zero-order chi connectivity index (χ0) is 13.3. The SMILES string of the molecule is Cc1cccc(C(F)(F)C2CN(C)CCO2)c1F. The van der Waals surface area contributed by atoms with Gasteiger partial charge in [0.25, 0.3) is 0 Å². The van der Waals surface area contributed by atoms with Gasteiger partial charge in [-0.3, -0.25) is 0 Å². The molecular formula is C13H16F3NO. The number of rotatable bonds is 2. The maximum absolute atomic E-state index is 14.3. The summed E-state index contributed by atoms with van der Waals surface area (Å²) >= 11 is 0. The summed E-state index contributed by atoms with van der Waals surface area (Å²) in [4.78, 5) is 1.76. The van der Waals surface area contributed by atoms with E-state index in [9.17, 15) is 13.2 Å². The summed E-state index contributed by atoms with van der Waals surface area (Å²) in [7, 11) is 1.75. The molecular weight excluding hydrogens is 243 g/mol. The molecule has 2 rings (SSSR count). The number of ether oxygens (including phenoxy) is 1. The molecule has 0 bridgehead atoms. The summed E-state index contributed by atoms with van der Waals surface area (Å²) < 4.78 is 47.4. The fourth-order valence-corrected chi connectivity index (χ4v) is 2.08. The van der Waals surface area contributed by atoms with Crippen LogP contribution >= 0.6 is 0 Å². The second-order valence-corrected chi connectivity index (χ2v) is 4.68. The van der Waals surface area contributed by atoms with Crippen molar-refractivity contribution in [2.75, 3.05) is 26.7 Å². The van der Waals surface area contributed by atoms with Gasteiger partial charge >= 0.3 is 5.92 Å². The van der Waals surface area contributed by atoms with E-state index in [1.54, 1.807) is 11.9 Å². The minimum Gasteiger partial charge on any atom is -0.369 e. The first-order valence-electron chi connectivity index (χ1n) is 5.86. The van der Waals surface area contributed by atoms with Crippen molar-refractivity contribution in [1.29, 1.82) is 0 Å². The van der Waals surface area contributed by atoms with E-state index in [1.807, 2.05) is 0 Å². The van der Waals surface area contributed by atoms with E-state index >= 15 is 0 Å². The second kappa shape index (κ2) is 4.90. The van der Waals surface area contributed by atoms with Crippen LogP contribution in [0.4, 0.5) is 13.2 Å². The topological polar surface area (TPSA) is 12.5 Å². The lowest BCUT2D eigenvalue weighted by molar-refractivity contribution is -0.171. The molecule has 0 aliphatic carbocycles. The van der Waals surface area contributed by atoms with Crippen LogP contribution in [-0.4, -0.2) is 37.7 Å². The molecule has 2 nitrogen and oxygen atoms in total.